The Bertz CT molecular complexity index is 996. The van der Waals surface area contributed by atoms with Gasteiger partial charge in [-0.3, -0.25) is 14.6 Å². The molecule has 4 rings (SSSR count). The second-order valence-electron chi connectivity index (χ2n) is 9.34. The fraction of sp³-hybridized carbons (Fsp3) is 0.500. The molecule has 2 aliphatic rings. The lowest BCUT2D eigenvalue weighted by molar-refractivity contribution is -0.137. The monoisotopic (exact) mass is 509 g/mol. The van der Waals surface area contributed by atoms with Crippen molar-refractivity contribution < 1.29 is 22.7 Å². The molecule has 1 amide bonds. The van der Waals surface area contributed by atoms with Crippen molar-refractivity contribution in [1.29, 1.82) is 0 Å². The Morgan fingerprint density at radius 2 is 1.83 bits per heavy atom. The largest absolute Gasteiger partial charge is 0.416 e. The van der Waals surface area contributed by atoms with Gasteiger partial charge in [0.1, 0.15) is 0 Å². The van der Waals surface area contributed by atoms with Gasteiger partial charge in [-0.05, 0) is 42.4 Å². The molecule has 2 atom stereocenters. The zero-order valence-corrected chi connectivity index (χ0v) is 20.6. The van der Waals surface area contributed by atoms with Crippen molar-refractivity contribution in [2.45, 2.75) is 31.1 Å². The van der Waals surface area contributed by atoms with E-state index in [0.717, 1.165) is 36.3 Å². The number of nitrogens with zero attached hydrogens (tertiary/aromatic N) is 3. The summed E-state index contributed by atoms with van der Waals surface area (Å²) in [5, 5.41) is 0.642. The molecule has 0 N–H and O–H groups in total. The van der Waals surface area contributed by atoms with Crippen molar-refractivity contribution in [3.8, 4) is 0 Å². The van der Waals surface area contributed by atoms with Crippen LogP contribution in [0.5, 0.6) is 0 Å². The fourth-order valence-electron chi connectivity index (χ4n) is 4.94. The van der Waals surface area contributed by atoms with Gasteiger partial charge in [-0.25, -0.2) is 0 Å². The van der Waals surface area contributed by atoms with E-state index in [-0.39, 0.29) is 17.9 Å². The van der Waals surface area contributed by atoms with Gasteiger partial charge in [0, 0.05) is 62.7 Å². The highest BCUT2D eigenvalue weighted by atomic mass is 35.5. The molecule has 2 fully saturated rings. The van der Waals surface area contributed by atoms with Gasteiger partial charge in [-0.2, -0.15) is 13.2 Å². The minimum atomic E-state index is -4.35. The lowest BCUT2D eigenvalue weighted by atomic mass is 9.93. The summed E-state index contributed by atoms with van der Waals surface area (Å²) in [6, 6.07) is 13.0. The van der Waals surface area contributed by atoms with Gasteiger partial charge in [0.05, 0.1) is 18.8 Å². The number of alkyl halides is 3. The van der Waals surface area contributed by atoms with E-state index in [1.807, 2.05) is 36.2 Å². The number of rotatable bonds is 7. The second-order valence-corrected chi connectivity index (χ2v) is 9.78. The molecule has 0 spiro atoms. The van der Waals surface area contributed by atoms with Crippen LogP contribution in [0.15, 0.2) is 48.5 Å². The van der Waals surface area contributed by atoms with Crippen LogP contribution in [0, 0.1) is 0 Å². The molecule has 2 aromatic carbocycles. The third kappa shape index (κ3) is 6.76. The first-order chi connectivity index (χ1) is 16.7. The van der Waals surface area contributed by atoms with Gasteiger partial charge in [0.25, 0.3) is 0 Å². The van der Waals surface area contributed by atoms with Crippen LogP contribution in [0.2, 0.25) is 5.02 Å². The first-order valence-electron chi connectivity index (χ1n) is 11.9. The van der Waals surface area contributed by atoms with Gasteiger partial charge in [0.15, 0.2) is 0 Å². The maximum atomic E-state index is 13.1. The molecule has 0 radical (unpaired) electrons. The summed E-state index contributed by atoms with van der Waals surface area (Å²) in [6.07, 6.45) is -3.90. The topological polar surface area (TPSA) is 36.0 Å². The average Bonchev–Trinajstić information content (AvgIpc) is 3.29. The number of carbonyl (C=O) groups is 1. The van der Waals surface area contributed by atoms with Gasteiger partial charge in [0.2, 0.25) is 5.91 Å². The number of hydrogen-bond acceptors (Lipinski definition) is 4. The quantitative estimate of drug-likeness (QED) is 0.550. The highest BCUT2D eigenvalue weighted by Crippen LogP contribution is 2.34. The number of carbonyl (C=O) groups excluding carboxylic acids is 1. The first kappa shape index (κ1) is 25.9. The van der Waals surface area contributed by atoms with Gasteiger partial charge < -0.3 is 9.64 Å². The standard InChI is InChI=1S/C26H31ClF3N3O2/c1-31(16-19-5-7-21(8-6-19)26(28,29)30)24-18-33(17-23(24)20-3-2-4-22(27)15-20)25(34)9-10-32-11-13-35-14-12-32/h2-8,15,23-24H,9-14,16-18H2,1H3. The zero-order valence-electron chi connectivity index (χ0n) is 19.8. The number of ether oxygens (including phenoxy) is 1. The molecule has 2 unspecified atom stereocenters. The normalized spacial score (nSPS) is 21.6. The molecule has 2 heterocycles. The van der Waals surface area contributed by atoms with Crippen molar-refractivity contribution in [1.82, 2.24) is 14.7 Å². The van der Waals surface area contributed by atoms with Gasteiger partial charge >= 0.3 is 6.18 Å². The molecule has 0 aromatic heterocycles. The van der Waals surface area contributed by atoms with Crippen LogP contribution in [-0.2, 0) is 22.3 Å². The summed E-state index contributed by atoms with van der Waals surface area (Å²) >= 11 is 6.26. The molecule has 2 aliphatic heterocycles. The van der Waals surface area contributed by atoms with Crippen molar-refractivity contribution in [2.75, 3.05) is 53.0 Å². The highest BCUT2D eigenvalue weighted by molar-refractivity contribution is 6.30. The van der Waals surface area contributed by atoms with E-state index >= 15 is 0 Å². The zero-order chi connectivity index (χ0) is 25.0. The van der Waals surface area contributed by atoms with E-state index in [2.05, 4.69) is 9.80 Å². The summed E-state index contributed by atoms with van der Waals surface area (Å²) in [5.41, 5.74) is 1.20. The highest BCUT2D eigenvalue weighted by Gasteiger charge is 2.38. The lowest BCUT2D eigenvalue weighted by Gasteiger charge is -2.29. The predicted molar refractivity (Wildman–Crippen MR) is 129 cm³/mol. The van der Waals surface area contributed by atoms with Crippen LogP contribution in [0.4, 0.5) is 13.2 Å². The smallest absolute Gasteiger partial charge is 0.379 e. The fourth-order valence-corrected chi connectivity index (χ4v) is 5.14. The van der Waals surface area contributed by atoms with E-state index in [4.69, 9.17) is 16.3 Å². The van der Waals surface area contributed by atoms with Crippen LogP contribution < -0.4 is 0 Å². The van der Waals surface area contributed by atoms with Gasteiger partial charge in [-0.15, -0.1) is 0 Å². The van der Waals surface area contributed by atoms with Crippen molar-refractivity contribution in [3.63, 3.8) is 0 Å². The molecule has 5 nitrogen and oxygen atoms in total. The lowest BCUT2D eigenvalue weighted by Crippen LogP contribution is -2.40. The summed E-state index contributed by atoms with van der Waals surface area (Å²) in [6.45, 7) is 5.44. The molecule has 2 saturated heterocycles. The number of morpholine rings is 1. The maximum Gasteiger partial charge on any atom is 0.416 e. The van der Waals surface area contributed by atoms with Crippen LogP contribution >= 0.6 is 11.6 Å². The molecule has 190 valence electrons. The molecular weight excluding hydrogens is 479 g/mol. The molecule has 0 aliphatic carbocycles. The number of halogens is 4. The van der Waals surface area contributed by atoms with E-state index < -0.39 is 11.7 Å². The Labute approximate surface area is 209 Å². The Balaban J connectivity index is 1.45. The van der Waals surface area contributed by atoms with Crippen LogP contribution in [0.25, 0.3) is 0 Å². The van der Waals surface area contributed by atoms with E-state index in [1.54, 1.807) is 0 Å². The van der Waals surface area contributed by atoms with Gasteiger partial charge in [-0.1, -0.05) is 35.9 Å². The molecule has 0 bridgehead atoms. The predicted octanol–water partition coefficient (Wildman–Crippen LogP) is 4.51. The average molecular weight is 510 g/mol. The van der Waals surface area contributed by atoms with Crippen molar-refractivity contribution >= 4 is 17.5 Å². The third-order valence-electron chi connectivity index (χ3n) is 6.94. The minimum Gasteiger partial charge on any atom is -0.379 e. The SMILES string of the molecule is CN(Cc1ccc(C(F)(F)F)cc1)C1CN(C(=O)CCN2CCOCC2)CC1c1cccc(Cl)c1. The number of amides is 1. The minimum absolute atomic E-state index is 0.0168. The Kier molecular flexibility index (Phi) is 8.37. The van der Waals surface area contributed by atoms with Crippen molar-refractivity contribution in [3.05, 3.63) is 70.2 Å². The molecule has 0 saturated carbocycles. The van der Waals surface area contributed by atoms with Crippen LogP contribution in [-0.4, -0.2) is 79.6 Å². The van der Waals surface area contributed by atoms with E-state index in [1.165, 1.54) is 12.1 Å². The Morgan fingerprint density at radius 1 is 1.11 bits per heavy atom. The Hall–Kier alpha value is -2.13. The number of hydrogen-bond donors (Lipinski definition) is 0. The molecule has 35 heavy (non-hydrogen) atoms. The van der Waals surface area contributed by atoms with Crippen LogP contribution in [0.1, 0.15) is 29.0 Å². The number of benzene rings is 2. The van der Waals surface area contributed by atoms with E-state index in [9.17, 15) is 18.0 Å². The molecule has 2 aromatic rings. The summed E-state index contributed by atoms with van der Waals surface area (Å²) in [7, 11) is 1.96. The van der Waals surface area contributed by atoms with E-state index in [0.29, 0.717) is 50.8 Å². The summed E-state index contributed by atoms with van der Waals surface area (Å²) < 4.78 is 44.2. The summed E-state index contributed by atoms with van der Waals surface area (Å²) in [4.78, 5) is 19.4. The molecular formula is C26H31ClF3N3O2. The Morgan fingerprint density at radius 3 is 2.49 bits per heavy atom. The maximum absolute atomic E-state index is 13.1. The second kappa shape index (κ2) is 11.3. The first-order valence-corrected chi connectivity index (χ1v) is 12.3. The number of likely N-dealkylation sites (tertiary alicyclic amines) is 1. The third-order valence-corrected chi connectivity index (χ3v) is 7.18. The van der Waals surface area contributed by atoms with Crippen LogP contribution in [0.3, 0.4) is 0 Å². The number of likely N-dealkylation sites (N-methyl/N-ethyl adjacent to an activating group) is 1. The summed E-state index contributed by atoms with van der Waals surface area (Å²) in [5.74, 6) is 0.175. The molecule has 9 heteroatoms. The van der Waals surface area contributed by atoms with Crippen molar-refractivity contribution in [2.24, 2.45) is 0 Å².